The highest BCUT2D eigenvalue weighted by Gasteiger charge is 2.17. The number of halogens is 1. The second-order valence-corrected chi connectivity index (χ2v) is 5.37. The van der Waals surface area contributed by atoms with E-state index in [1.807, 2.05) is 4.72 Å². The molecular weight excluding hydrogens is 252 g/mol. The summed E-state index contributed by atoms with van der Waals surface area (Å²) in [4.78, 5) is 10.4. The molecule has 1 aromatic rings. The van der Waals surface area contributed by atoms with E-state index in [1.165, 1.54) is 12.1 Å². The molecule has 3 N–H and O–H groups in total. The SMILES string of the molecule is Cc1ccc(S(=O)(=O)NCC(N)=O)c(Cl)c1. The van der Waals surface area contributed by atoms with Gasteiger partial charge in [-0.05, 0) is 24.6 Å². The molecule has 16 heavy (non-hydrogen) atoms. The lowest BCUT2D eigenvalue weighted by Crippen LogP contribution is -2.33. The van der Waals surface area contributed by atoms with Gasteiger partial charge in [-0.2, -0.15) is 0 Å². The van der Waals surface area contributed by atoms with Crippen LogP contribution in [0.2, 0.25) is 5.02 Å². The number of primary amides is 1. The minimum atomic E-state index is -3.79. The summed E-state index contributed by atoms with van der Waals surface area (Å²) in [6.07, 6.45) is 0. The fraction of sp³-hybridized carbons (Fsp3) is 0.222. The molecule has 0 heterocycles. The normalized spacial score (nSPS) is 11.4. The van der Waals surface area contributed by atoms with Crippen LogP contribution in [-0.4, -0.2) is 20.9 Å². The van der Waals surface area contributed by atoms with E-state index in [0.29, 0.717) is 0 Å². The second-order valence-electron chi connectivity index (χ2n) is 3.22. The van der Waals surface area contributed by atoms with Crippen LogP contribution in [0.3, 0.4) is 0 Å². The lowest BCUT2D eigenvalue weighted by molar-refractivity contribution is -0.116. The molecule has 0 atom stereocenters. The van der Waals surface area contributed by atoms with Crippen molar-refractivity contribution in [3.05, 3.63) is 28.8 Å². The van der Waals surface area contributed by atoms with Crippen LogP contribution in [-0.2, 0) is 14.8 Å². The average Bonchev–Trinajstić information content (AvgIpc) is 2.14. The zero-order valence-electron chi connectivity index (χ0n) is 8.53. The van der Waals surface area contributed by atoms with Crippen LogP contribution in [0, 0.1) is 6.92 Å². The van der Waals surface area contributed by atoms with Crippen LogP contribution in [0.5, 0.6) is 0 Å². The highest BCUT2D eigenvalue weighted by atomic mass is 35.5. The third-order valence-electron chi connectivity index (χ3n) is 1.81. The van der Waals surface area contributed by atoms with E-state index in [0.717, 1.165) is 5.56 Å². The number of hydrogen-bond acceptors (Lipinski definition) is 3. The van der Waals surface area contributed by atoms with Crippen molar-refractivity contribution in [2.24, 2.45) is 5.73 Å². The van der Waals surface area contributed by atoms with Gasteiger partial charge in [0.15, 0.2) is 0 Å². The maximum absolute atomic E-state index is 11.7. The third kappa shape index (κ3) is 3.19. The molecule has 5 nitrogen and oxygen atoms in total. The van der Waals surface area contributed by atoms with Crippen molar-refractivity contribution >= 4 is 27.5 Å². The zero-order chi connectivity index (χ0) is 12.3. The minimum absolute atomic E-state index is 0.0685. The van der Waals surface area contributed by atoms with Crippen LogP contribution >= 0.6 is 11.6 Å². The Morgan fingerprint density at radius 1 is 1.50 bits per heavy atom. The van der Waals surface area contributed by atoms with Gasteiger partial charge in [-0.1, -0.05) is 17.7 Å². The van der Waals surface area contributed by atoms with Crippen LogP contribution < -0.4 is 10.5 Å². The van der Waals surface area contributed by atoms with Crippen molar-refractivity contribution in [2.45, 2.75) is 11.8 Å². The fourth-order valence-electron chi connectivity index (χ4n) is 1.07. The zero-order valence-corrected chi connectivity index (χ0v) is 10.1. The summed E-state index contributed by atoms with van der Waals surface area (Å²) in [7, 11) is -3.79. The van der Waals surface area contributed by atoms with Crippen LogP contribution in [0.4, 0.5) is 0 Å². The fourth-order valence-corrected chi connectivity index (χ4v) is 2.66. The molecule has 7 heteroatoms. The quantitative estimate of drug-likeness (QED) is 0.824. The van der Waals surface area contributed by atoms with Gasteiger partial charge in [0, 0.05) is 0 Å². The van der Waals surface area contributed by atoms with E-state index >= 15 is 0 Å². The van der Waals surface area contributed by atoms with Crippen molar-refractivity contribution in [1.29, 1.82) is 0 Å². The van der Waals surface area contributed by atoms with Gasteiger partial charge in [0.2, 0.25) is 15.9 Å². The molecule has 0 aromatic heterocycles. The number of nitrogens with two attached hydrogens (primary N) is 1. The number of nitrogens with one attached hydrogen (secondary N) is 1. The standard InChI is InChI=1S/C9H11ClN2O3S/c1-6-2-3-8(7(10)4-6)16(14,15)12-5-9(11)13/h2-4,12H,5H2,1H3,(H2,11,13). The van der Waals surface area contributed by atoms with Crippen LogP contribution in [0.25, 0.3) is 0 Å². The number of carbonyl (C=O) groups is 1. The van der Waals surface area contributed by atoms with E-state index in [9.17, 15) is 13.2 Å². The molecule has 0 aliphatic rings. The maximum Gasteiger partial charge on any atom is 0.242 e. The summed E-state index contributed by atoms with van der Waals surface area (Å²) in [6.45, 7) is 1.34. The Kier molecular flexibility index (Phi) is 3.90. The topological polar surface area (TPSA) is 89.3 Å². The number of amides is 1. The molecule has 0 unspecified atom stereocenters. The van der Waals surface area contributed by atoms with Gasteiger partial charge in [-0.15, -0.1) is 0 Å². The Hall–Kier alpha value is -1.11. The molecule has 1 amide bonds. The van der Waals surface area contributed by atoms with E-state index in [1.54, 1.807) is 13.0 Å². The molecule has 0 aliphatic heterocycles. The smallest absolute Gasteiger partial charge is 0.242 e. The van der Waals surface area contributed by atoms with Crippen molar-refractivity contribution in [3.63, 3.8) is 0 Å². The van der Waals surface area contributed by atoms with Crippen molar-refractivity contribution in [1.82, 2.24) is 4.72 Å². The lowest BCUT2D eigenvalue weighted by atomic mass is 10.2. The minimum Gasteiger partial charge on any atom is -0.369 e. The molecule has 0 radical (unpaired) electrons. The molecule has 88 valence electrons. The van der Waals surface area contributed by atoms with Gasteiger partial charge in [0.25, 0.3) is 0 Å². The largest absolute Gasteiger partial charge is 0.369 e. The average molecular weight is 263 g/mol. The molecule has 0 fully saturated rings. The Morgan fingerprint density at radius 3 is 2.62 bits per heavy atom. The van der Waals surface area contributed by atoms with Crippen LogP contribution in [0.15, 0.2) is 23.1 Å². The van der Waals surface area contributed by atoms with E-state index in [4.69, 9.17) is 17.3 Å². The number of rotatable bonds is 4. The van der Waals surface area contributed by atoms with E-state index in [-0.39, 0.29) is 9.92 Å². The highest BCUT2D eigenvalue weighted by molar-refractivity contribution is 7.89. The highest BCUT2D eigenvalue weighted by Crippen LogP contribution is 2.21. The summed E-state index contributed by atoms with van der Waals surface area (Å²) < 4.78 is 25.4. The molecule has 0 aliphatic carbocycles. The molecule has 0 bridgehead atoms. The van der Waals surface area contributed by atoms with Gasteiger partial charge >= 0.3 is 0 Å². The predicted octanol–water partition coefficient (Wildman–Crippen LogP) is 0.412. The number of sulfonamides is 1. The van der Waals surface area contributed by atoms with Gasteiger partial charge in [0.05, 0.1) is 11.6 Å². The Labute approximate surface area is 98.6 Å². The first-order chi connectivity index (χ1) is 7.33. The Balaban J connectivity index is 3.03. The molecule has 0 saturated heterocycles. The summed E-state index contributed by atoms with van der Waals surface area (Å²) in [5.74, 6) is -0.758. The molecule has 1 aromatic carbocycles. The van der Waals surface area contributed by atoms with E-state index < -0.39 is 22.5 Å². The molecular formula is C9H11ClN2O3S. The second kappa shape index (κ2) is 4.82. The van der Waals surface area contributed by atoms with Crippen molar-refractivity contribution in [3.8, 4) is 0 Å². The van der Waals surface area contributed by atoms with Crippen molar-refractivity contribution < 1.29 is 13.2 Å². The first-order valence-electron chi connectivity index (χ1n) is 4.37. The van der Waals surface area contributed by atoms with Gasteiger partial charge in [-0.3, -0.25) is 4.79 Å². The third-order valence-corrected chi connectivity index (χ3v) is 3.70. The van der Waals surface area contributed by atoms with Gasteiger partial charge in [0.1, 0.15) is 4.90 Å². The first-order valence-corrected chi connectivity index (χ1v) is 6.23. The first kappa shape index (κ1) is 13.0. The van der Waals surface area contributed by atoms with Crippen molar-refractivity contribution in [2.75, 3.05) is 6.54 Å². The number of hydrogen-bond donors (Lipinski definition) is 2. The summed E-state index contributed by atoms with van der Waals surface area (Å²) >= 11 is 5.79. The monoisotopic (exact) mass is 262 g/mol. The van der Waals surface area contributed by atoms with Crippen LogP contribution in [0.1, 0.15) is 5.56 Å². The number of benzene rings is 1. The molecule has 1 rings (SSSR count). The summed E-state index contributed by atoms with van der Waals surface area (Å²) in [6, 6.07) is 4.52. The van der Waals surface area contributed by atoms with Gasteiger partial charge < -0.3 is 5.73 Å². The molecule has 0 saturated carbocycles. The number of aryl methyl sites for hydroxylation is 1. The summed E-state index contributed by atoms with van der Waals surface area (Å²) in [5, 5.41) is 0.108. The molecule has 0 spiro atoms. The Bertz CT molecular complexity index is 513. The Morgan fingerprint density at radius 2 is 2.12 bits per heavy atom. The lowest BCUT2D eigenvalue weighted by Gasteiger charge is -2.07. The van der Waals surface area contributed by atoms with E-state index in [2.05, 4.69) is 0 Å². The number of carbonyl (C=O) groups excluding carboxylic acids is 1. The summed E-state index contributed by atoms with van der Waals surface area (Å²) in [5.41, 5.74) is 5.69. The van der Waals surface area contributed by atoms with Gasteiger partial charge in [-0.25, -0.2) is 13.1 Å². The maximum atomic E-state index is 11.7. The predicted molar refractivity (Wildman–Crippen MR) is 60.6 cm³/mol.